The molecule has 0 fully saturated rings. The molecule has 1 aromatic rings. The molecule has 0 aliphatic rings. The maximum Gasteiger partial charge on any atom is 0.573 e. The lowest BCUT2D eigenvalue weighted by atomic mass is 10.2. The van der Waals surface area contributed by atoms with Crippen molar-refractivity contribution in [3.05, 3.63) is 23.8 Å². The first-order chi connectivity index (χ1) is 9.09. The second-order valence-electron chi connectivity index (χ2n) is 3.32. The minimum atomic E-state index is -5.08. The Bertz CT molecular complexity index is 434. The monoisotopic (exact) mass is 304 g/mol. The van der Waals surface area contributed by atoms with Gasteiger partial charge in [-0.1, -0.05) is 0 Å². The van der Waals surface area contributed by atoms with Gasteiger partial charge >= 0.3 is 12.7 Å². The first-order valence-corrected chi connectivity index (χ1v) is 4.80. The van der Waals surface area contributed by atoms with Crippen LogP contribution in [0.1, 0.15) is 5.56 Å². The maximum atomic E-state index is 12.0. The number of ether oxygens (including phenoxy) is 3. The van der Waals surface area contributed by atoms with E-state index in [1.54, 1.807) is 0 Å². The van der Waals surface area contributed by atoms with E-state index < -0.39 is 30.8 Å². The zero-order chi connectivity index (χ0) is 15.4. The lowest BCUT2D eigenvalue weighted by molar-refractivity contribution is -0.276. The first kappa shape index (κ1) is 15.9. The lowest BCUT2D eigenvalue weighted by Crippen LogP contribution is -2.19. The molecule has 0 bridgehead atoms. The summed E-state index contributed by atoms with van der Waals surface area (Å²) in [7, 11) is 0. The number of hydrogen-bond acceptors (Lipinski definition) is 4. The van der Waals surface area contributed by atoms with Gasteiger partial charge in [-0.15, -0.1) is 26.3 Å². The van der Waals surface area contributed by atoms with E-state index in [-0.39, 0.29) is 12.0 Å². The van der Waals surface area contributed by atoms with Gasteiger partial charge in [0.1, 0.15) is 18.1 Å². The van der Waals surface area contributed by atoms with Gasteiger partial charge in [-0.05, 0) is 17.7 Å². The van der Waals surface area contributed by atoms with Gasteiger partial charge in [0.2, 0.25) is 0 Å². The van der Waals surface area contributed by atoms with Crippen LogP contribution in [0.5, 0.6) is 11.5 Å². The fourth-order valence-electron chi connectivity index (χ4n) is 1.23. The van der Waals surface area contributed by atoms with Crippen molar-refractivity contribution in [3.63, 3.8) is 0 Å². The van der Waals surface area contributed by atoms with E-state index in [9.17, 15) is 31.1 Å². The van der Waals surface area contributed by atoms with Crippen molar-refractivity contribution >= 4 is 6.47 Å². The Morgan fingerprint density at radius 1 is 0.900 bits per heavy atom. The quantitative estimate of drug-likeness (QED) is 0.619. The molecule has 0 atom stereocenters. The molecule has 0 amide bonds. The van der Waals surface area contributed by atoms with Gasteiger partial charge in [0.25, 0.3) is 6.47 Å². The minimum absolute atomic E-state index is 0.0123. The van der Waals surface area contributed by atoms with Crippen LogP contribution in [0.2, 0.25) is 0 Å². The summed E-state index contributed by atoms with van der Waals surface area (Å²) in [5.74, 6) is -1.85. The summed E-state index contributed by atoms with van der Waals surface area (Å²) < 4.78 is 83.3. The highest BCUT2D eigenvalue weighted by atomic mass is 19.4. The molecule has 0 N–H and O–H groups in total. The summed E-state index contributed by atoms with van der Waals surface area (Å²) in [6.45, 7) is -0.547. The van der Waals surface area contributed by atoms with Crippen molar-refractivity contribution in [2.75, 3.05) is 0 Å². The van der Waals surface area contributed by atoms with Crippen LogP contribution in [0.25, 0.3) is 0 Å². The van der Waals surface area contributed by atoms with Crippen LogP contribution in [0.4, 0.5) is 26.3 Å². The van der Waals surface area contributed by atoms with Gasteiger partial charge in [0.05, 0.1) is 0 Å². The van der Waals surface area contributed by atoms with Crippen molar-refractivity contribution < 1.29 is 45.3 Å². The van der Waals surface area contributed by atoms with Crippen LogP contribution in [0, 0.1) is 0 Å². The molecule has 0 aliphatic carbocycles. The second kappa shape index (κ2) is 5.88. The van der Waals surface area contributed by atoms with Gasteiger partial charge < -0.3 is 14.2 Å². The topological polar surface area (TPSA) is 44.8 Å². The number of hydrogen-bond donors (Lipinski definition) is 0. The molecule has 0 aliphatic heterocycles. The first-order valence-electron chi connectivity index (χ1n) is 4.80. The standard InChI is InChI=1S/C10H6F6O4/c11-9(12,13)19-7-1-6(4-18-5-17)2-8(3-7)20-10(14,15)16/h1-3,5H,4H2. The molecule has 20 heavy (non-hydrogen) atoms. The van der Waals surface area contributed by atoms with E-state index >= 15 is 0 Å². The average molecular weight is 304 g/mol. The second-order valence-corrected chi connectivity index (χ2v) is 3.32. The van der Waals surface area contributed by atoms with Crippen molar-refractivity contribution in [1.82, 2.24) is 0 Å². The molecule has 112 valence electrons. The van der Waals surface area contributed by atoms with Crippen LogP contribution in [0.3, 0.4) is 0 Å². The Morgan fingerprint density at radius 2 is 1.35 bits per heavy atom. The van der Waals surface area contributed by atoms with Crippen LogP contribution >= 0.6 is 0 Å². The van der Waals surface area contributed by atoms with Gasteiger partial charge in [-0.2, -0.15) is 0 Å². The fraction of sp³-hybridized carbons (Fsp3) is 0.300. The van der Waals surface area contributed by atoms with Crippen LogP contribution in [0.15, 0.2) is 18.2 Å². The van der Waals surface area contributed by atoms with Crippen LogP contribution < -0.4 is 9.47 Å². The molecule has 10 heteroatoms. The number of carbonyl (C=O) groups is 1. The highest BCUT2D eigenvalue weighted by molar-refractivity contribution is 5.41. The third-order valence-corrected chi connectivity index (χ3v) is 1.73. The molecule has 0 unspecified atom stereocenters. The third-order valence-electron chi connectivity index (χ3n) is 1.73. The van der Waals surface area contributed by atoms with Gasteiger partial charge in [0, 0.05) is 6.07 Å². The van der Waals surface area contributed by atoms with E-state index in [0.717, 1.165) is 12.1 Å². The van der Waals surface area contributed by atoms with Gasteiger partial charge in [-0.3, -0.25) is 4.79 Å². The predicted molar refractivity (Wildman–Crippen MR) is 50.7 cm³/mol. The SMILES string of the molecule is O=COCc1cc(OC(F)(F)F)cc(OC(F)(F)F)c1. The number of rotatable bonds is 5. The number of alkyl halides is 6. The Kier molecular flexibility index (Phi) is 4.69. The van der Waals surface area contributed by atoms with Crippen molar-refractivity contribution in [2.24, 2.45) is 0 Å². The van der Waals surface area contributed by atoms with E-state index in [0.29, 0.717) is 6.07 Å². The number of halogens is 6. The molecule has 0 saturated heterocycles. The summed E-state index contributed by atoms with van der Waals surface area (Å²) in [5.41, 5.74) is -0.168. The summed E-state index contributed by atoms with van der Waals surface area (Å²) in [5, 5.41) is 0. The third kappa shape index (κ3) is 6.16. The summed E-state index contributed by atoms with van der Waals surface area (Å²) >= 11 is 0. The summed E-state index contributed by atoms with van der Waals surface area (Å²) in [6.07, 6.45) is -10.2. The van der Waals surface area contributed by atoms with Crippen molar-refractivity contribution in [1.29, 1.82) is 0 Å². The van der Waals surface area contributed by atoms with Gasteiger partial charge in [-0.25, -0.2) is 0 Å². The molecule has 0 radical (unpaired) electrons. The molecule has 0 spiro atoms. The Labute approximate surface area is 107 Å². The highest BCUT2D eigenvalue weighted by Gasteiger charge is 2.33. The van der Waals surface area contributed by atoms with Crippen molar-refractivity contribution in [3.8, 4) is 11.5 Å². The summed E-state index contributed by atoms with van der Waals surface area (Å²) in [4.78, 5) is 9.96. The highest BCUT2D eigenvalue weighted by Crippen LogP contribution is 2.31. The number of carbonyl (C=O) groups excluding carboxylic acids is 1. The molecule has 1 rings (SSSR count). The molecule has 0 saturated carbocycles. The average Bonchev–Trinajstić information content (AvgIpc) is 2.21. The molecular formula is C10H6F6O4. The van der Waals surface area contributed by atoms with Crippen molar-refractivity contribution in [2.45, 2.75) is 19.3 Å². The lowest BCUT2D eigenvalue weighted by Gasteiger charge is -2.14. The zero-order valence-corrected chi connectivity index (χ0v) is 9.42. The number of benzene rings is 1. The van der Waals surface area contributed by atoms with Crippen LogP contribution in [-0.2, 0) is 16.1 Å². The molecule has 4 nitrogen and oxygen atoms in total. The maximum absolute atomic E-state index is 12.0. The Morgan fingerprint density at radius 3 is 1.70 bits per heavy atom. The van der Waals surface area contributed by atoms with E-state index in [2.05, 4.69) is 14.2 Å². The van der Waals surface area contributed by atoms with Crippen LogP contribution in [-0.4, -0.2) is 19.2 Å². The summed E-state index contributed by atoms with van der Waals surface area (Å²) in [6, 6.07) is 1.94. The normalized spacial score (nSPS) is 11.9. The molecular weight excluding hydrogens is 298 g/mol. The molecule has 0 aromatic heterocycles. The van der Waals surface area contributed by atoms with E-state index in [1.807, 2.05) is 0 Å². The molecule has 1 aromatic carbocycles. The van der Waals surface area contributed by atoms with E-state index in [1.165, 1.54) is 0 Å². The smallest absolute Gasteiger partial charge is 0.463 e. The largest absolute Gasteiger partial charge is 0.573 e. The van der Waals surface area contributed by atoms with E-state index in [4.69, 9.17) is 0 Å². The zero-order valence-electron chi connectivity index (χ0n) is 9.42. The predicted octanol–water partition coefficient (Wildman–Crippen LogP) is 3.16. The minimum Gasteiger partial charge on any atom is -0.463 e. The van der Waals surface area contributed by atoms with Gasteiger partial charge in [0.15, 0.2) is 0 Å². The Hall–Kier alpha value is -2.13. The Balaban J connectivity index is 3.03. The fourth-order valence-corrected chi connectivity index (χ4v) is 1.23. The molecule has 0 heterocycles.